The minimum atomic E-state index is -0.270. The van der Waals surface area contributed by atoms with Crippen LogP contribution < -0.4 is 5.32 Å². The lowest BCUT2D eigenvalue weighted by Gasteiger charge is -2.07. The fourth-order valence-corrected chi connectivity index (χ4v) is 2.41. The van der Waals surface area contributed by atoms with Crippen LogP contribution in [0.2, 0.25) is 0 Å². The summed E-state index contributed by atoms with van der Waals surface area (Å²) in [6.45, 7) is 8.98. The summed E-state index contributed by atoms with van der Waals surface area (Å²) < 4.78 is 19.7. The van der Waals surface area contributed by atoms with Gasteiger partial charge in [0, 0.05) is 17.0 Å². The fraction of sp³-hybridized carbons (Fsp3) is 0.500. The number of halogens is 1. The summed E-state index contributed by atoms with van der Waals surface area (Å²) in [5, 5.41) is 4.30. The number of hydrogen-bond acceptors (Lipinski definition) is 2. The molecule has 0 atom stereocenters. The van der Waals surface area contributed by atoms with Gasteiger partial charge in [0.2, 0.25) is 0 Å². The maximum Gasteiger partial charge on any atom is 0.170 e. The third-order valence-electron chi connectivity index (χ3n) is 3.35. The van der Waals surface area contributed by atoms with Crippen molar-refractivity contribution in [3.05, 3.63) is 34.8 Å². The van der Waals surface area contributed by atoms with E-state index in [-0.39, 0.29) is 5.82 Å². The molecule has 2 nitrogen and oxygen atoms in total. The van der Waals surface area contributed by atoms with E-state index in [1.165, 1.54) is 6.07 Å². The van der Waals surface area contributed by atoms with Gasteiger partial charge in [0.25, 0.3) is 0 Å². The van der Waals surface area contributed by atoms with E-state index in [0.29, 0.717) is 18.2 Å². The highest BCUT2D eigenvalue weighted by molar-refractivity contribution is 5.86. The lowest BCUT2D eigenvalue weighted by molar-refractivity contribution is 0.471. The fourth-order valence-electron chi connectivity index (χ4n) is 2.41. The number of hydrogen-bond donors (Lipinski definition) is 1. The second kappa shape index (κ2) is 5.74. The smallest absolute Gasteiger partial charge is 0.170 e. The number of furan rings is 1. The third-order valence-corrected chi connectivity index (χ3v) is 3.35. The van der Waals surface area contributed by atoms with Gasteiger partial charge in [-0.1, -0.05) is 33.3 Å². The minimum absolute atomic E-state index is 0.270. The SMILES string of the molecule is CCCc1c(CNC(C)C)oc2c(F)ccc(C)c12. The molecule has 0 saturated carbocycles. The van der Waals surface area contributed by atoms with Crippen LogP contribution in [0, 0.1) is 12.7 Å². The first-order valence-corrected chi connectivity index (χ1v) is 6.97. The Kier molecular flexibility index (Phi) is 4.25. The average molecular weight is 263 g/mol. The summed E-state index contributed by atoms with van der Waals surface area (Å²) in [5.74, 6) is 0.604. The second-order valence-corrected chi connectivity index (χ2v) is 5.36. The summed E-state index contributed by atoms with van der Waals surface area (Å²) >= 11 is 0. The summed E-state index contributed by atoms with van der Waals surface area (Å²) in [5.41, 5.74) is 2.64. The molecule has 1 aromatic carbocycles. The molecule has 1 N–H and O–H groups in total. The summed E-state index contributed by atoms with van der Waals surface area (Å²) in [4.78, 5) is 0. The van der Waals surface area contributed by atoms with E-state index in [9.17, 15) is 4.39 Å². The highest BCUT2D eigenvalue weighted by Crippen LogP contribution is 2.31. The van der Waals surface area contributed by atoms with E-state index < -0.39 is 0 Å². The van der Waals surface area contributed by atoms with Gasteiger partial charge < -0.3 is 9.73 Å². The van der Waals surface area contributed by atoms with Crippen LogP contribution in [0.4, 0.5) is 4.39 Å². The monoisotopic (exact) mass is 263 g/mol. The van der Waals surface area contributed by atoms with Crippen LogP contribution in [0.5, 0.6) is 0 Å². The van der Waals surface area contributed by atoms with Crippen molar-refractivity contribution in [3.8, 4) is 0 Å². The van der Waals surface area contributed by atoms with Crippen LogP contribution >= 0.6 is 0 Å². The van der Waals surface area contributed by atoms with Crippen molar-refractivity contribution >= 4 is 11.0 Å². The molecule has 0 saturated heterocycles. The molecule has 0 radical (unpaired) electrons. The standard InChI is InChI=1S/C16H22FNO/c1-5-6-12-14(9-18-10(2)3)19-16-13(17)8-7-11(4)15(12)16/h7-8,10,18H,5-6,9H2,1-4H3. The van der Waals surface area contributed by atoms with E-state index in [1.807, 2.05) is 13.0 Å². The van der Waals surface area contributed by atoms with E-state index in [4.69, 9.17) is 4.42 Å². The summed E-state index contributed by atoms with van der Waals surface area (Å²) in [7, 11) is 0. The first-order valence-electron chi connectivity index (χ1n) is 6.97. The number of benzene rings is 1. The Morgan fingerprint density at radius 3 is 2.68 bits per heavy atom. The molecular formula is C16H22FNO. The molecule has 0 aliphatic heterocycles. The van der Waals surface area contributed by atoms with Crippen LogP contribution in [0.15, 0.2) is 16.5 Å². The van der Waals surface area contributed by atoms with Crippen molar-refractivity contribution in [1.29, 1.82) is 0 Å². The molecule has 0 aliphatic carbocycles. The Morgan fingerprint density at radius 2 is 2.05 bits per heavy atom. The Morgan fingerprint density at radius 1 is 1.32 bits per heavy atom. The van der Waals surface area contributed by atoms with E-state index in [1.54, 1.807) is 0 Å². The Balaban J connectivity index is 2.53. The molecule has 0 bridgehead atoms. The number of aryl methyl sites for hydroxylation is 2. The maximum atomic E-state index is 13.9. The molecule has 0 amide bonds. The minimum Gasteiger partial charge on any atom is -0.456 e. The predicted molar refractivity (Wildman–Crippen MR) is 76.9 cm³/mol. The first kappa shape index (κ1) is 14.1. The molecule has 1 heterocycles. The number of rotatable bonds is 5. The van der Waals surface area contributed by atoms with Gasteiger partial charge in [-0.25, -0.2) is 4.39 Å². The quantitative estimate of drug-likeness (QED) is 0.868. The Labute approximate surface area is 114 Å². The highest BCUT2D eigenvalue weighted by atomic mass is 19.1. The van der Waals surface area contributed by atoms with Crippen LogP contribution in [0.1, 0.15) is 44.1 Å². The molecule has 2 aromatic rings. The molecule has 0 unspecified atom stereocenters. The van der Waals surface area contributed by atoms with E-state index in [2.05, 4.69) is 26.1 Å². The number of fused-ring (bicyclic) bond motifs is 1. The number of nitrogens with one attached hydrogen (secondary N) is 1. The van der Waals surface area contributed by atoms with Crippen molar-refractivity contribution in [1.82, 2.24) is 5.32 Å². The van der Waals surface area contributed by atoms with Gasteiger partial charge in [-0.3, -0.25) is 0 Å². The van der Waals surface area contributed by atoms with Crippen molar-refractivity contribution in [2.75, 3.05) is 0 Å². The molecule has 2 rings (SSSR count). The van der Waals surface area contributed by atoms with Gasteiger partial charge in [-0.2, -0.15) is 0 Å². The third kappa shape index (κ3) is 2.81. The zero-order chi connectivity index (χ0) is 14.0. The lowest BCUT2D eigenvalue weighted by atomic mass is 10.0. The first-order chi connectivity index (χ1) is 9.04. The van der Waals surface area contributed by atoms with Crippen LogP contribution in [0.3, 0.4) is 0 Å². The van der Waals surface area contributed by atoms with Gasteiger partial charge in [0.05, 0.1) is 6.54 Å². The maximum absolute atomic E-state index is 13.9. The van der Waals surface area contributed by atoms with Crippen LogP contribution in [-0.4, -0.2) is 6.04 Å². The van der Waals surface area contributed by atoms with Crippen molar-refractivity contribution in [3.63, 3.8) is 0 Å². The molecule has 19 heavy (non-hydrogen) atoms. The molecular weight excluding hydrogens is 241 g/mol. The average Bonchev–Trinajstić information content (AvgIpc) is 2.72. The largest absolute Gasteiger partial charge is 0.456 e. The van der Waals surface area contributed by atoms with Gasteiger partial charge in [0.1, 0.15) is 5.76 Å². The summed E-state index contributed by atoms with van der Waals surface area (Å²) in [6, 6.07) is 3.69. The van der Waals surface area contributed by atoms with E-state index >= 15 is 0 Å². The normalized spacial score (nSPS) is 11.7. The Hall–Kier alpha value is -1.35. The topological polar surface area (TPSA) is 25.2 Å². The van der Waals surface area contributed by atoms with Gasteiger partial charge in [-0.05, 0) is 25.0 Å². The van der Waals surface area contributed by atoms with E-state index in [0.717, 1.165) is 35.1 Å². The predicted octanol–water partition coefficient (Wildman–Crippen LogP) is 4.33. The van der Waals surface area contributed by atoms with Gasteiger partial charge in [0.15, 0.2) is 11.4 Å². The summed E-state index contributed by atoms with van der Waals surface area (Å²) in [6.07, 6.45) is 1.95. The second-order valence-electron chi connectivity index (χ2n) is 5.36. The van der Waals surface area contributed by atoms with Gasteiger partial charge >= 0.3 is 0 Å². The molecule has 0 aliphatic rings. The van der Waals surface area contributed by atoms with Crippen molar-refractivity contribution in [2.24, 2.45) is 0 Å². The Bertz CT molecular complexity index is 572. The van der Waals surface area contributed by atoms with Gasteiger partial charge in [-0.15, -0.1) is 0 Å². The molecule has 1 aromatic heterocycles. The zero-order valence-corrected chi connectivity index (χ0v) is 12.1. The molecule has 104 valence electrons. The zero-order valence-electron chi connectivity index (χ0n) is 12.1. The molecule has 0 spiro atoms. The lowest BCUT2D eigenvalue weighted by Crippen LogP contribution is -2.22. The van der Waals surface area contributed by atoms with Crippen molar-refractivity contribution < 1.29 is 8.81 Å². The van der Waals surface area contributed by atoms with Crippen LogP contribution in [0.25, 0.3) is 11.0 Å². The van der Waals surface area contributed by atoms with Crippen molar-refractivity contribution in [2.45, 2.75) is 53.1 Å². The molecule has 3 heteroatoms. The molecule has 0 fully saturated rings. The highest BCUT2D eigenvalue weighted by Gasteiger charge is 2.18. The van der Waals surface area contributed by atoms with Crippen LogP contribution in [-0.2, 0) is 13.0 Å².